The molecule has 2 heterocycles. The molecule has 0 radical (unpaired) electrons. The molecule has 1 aliphatic carbocycles. The lowest BCUT2D eigenvalue weighted by molar-refractivity contribution is 0.0850. The van der Waals surface area contributed by atoms with Gasteiger partial charge in [0, 0.05) is 24.6 Å². The van der Waals surface area contributed by atoms with E-state index in [0.717, 1.165) is 16.3 Å². The second kappa shape index (κ2) is 9.51. The van der Waals surface area contributed by atoms with E-state index in [0.29, 0.717) is 16.7 Å². The maximum atomic E-state index is 14.4. The van der Waals surface area contributed by atoms with Gasteiger partial charge >= 0.3 is 0 Å². The first kappa shape index (κ1) is 24.2. The fourth-order valence-electron chi connectivity index (χ4n) is 4.33. The van der Waals surface area contributed by atoms with Gasteiger partial charge in [0.1, 0.15) is 17.2 Å². The normalized spacial score (nSPS) is 16.4. The third-order valence-electron chi connectivity index (χ3n) is 6.25. The lowest BCUT2D eigenvalue weighted by Gasteiger charge is -2.18. The molecule has 0 saturated heterocycles. The summed E-state index contributed by atoms with van der Waals surface area (Å²) in [5, 5.41) is 19.8. The third kappa shape index (κ3) is 4.68. The van der Waals surface area contributed by atoms with Crippen molar-refractivity contribution in [2.24, 2.45) is 0 Å². The third-order valence-corrected chi connectivity index (χ3v) is 6.25. The van der Waals surface area contributed by atoms with Crippen molar-refractivity contribution in [3.05, 3.63) is 100 Å². The Morgan fingerprint density at radius 2 is 1.84 bits per heavy atom. The van der Waals surface area contributed by atoms with Crippen LogP contribution in [0.3, 0.4) is 0 Å². The van der Waals surface area contributed by atoms with E-state index in [1.165, 1.54) is 37.3 Å². The van der Waals surface area contributed by atoms with Gasteiger partial charge in [-0.2, -0.15) is 5.10 Å². The number of benzene rings is 2. The highest BCUT2D eigenvalue weighted by molar-refractivity contribution is 5.98. The molecule has 37 heavy (non-hydrogen) atoms. The number of aromatic nitrogens is 3. The average Bonchev–Trinajstić information content (AvgIpc) is 3.41. The summed E-state index contributed by atoms with van der Waals surface area (Å²) in [5.41, 5.74) is 1.80. The van der Waals surface area contributed by atoms with Gasteiger partial charge in [0.2, 0.25) is 0 Å². The van der Waals surface area contributed by atoms with E-state index in [9.17, 15) is 28.3 Å². The summed E-state index contributed by atoms with van der Waals surface area (Å²) in [6.45, 7) is 1.50. The number of carbonyl (C=O) groups excluding carboxylic acids is 3. The Morgan fingerprint density at radius 1 is 1.08 bits per heavy atom. The molecule has 0 fully saturated rings. The highest BCUT2D eigenvalue weighted by Gasteiger charge is 2.33. The minimum absolute atomic E-state index is 0.0581. The number of carbonyl (C=O) groups is 3. The van der Waals surface area contributed by atoms with E-state index in [1.807, 2.05) is 0 Å². The average molecular weight is 505 g/mol. The van der Waals surface area contributed by atoms with Crippen LogP contribution in [0.25, 0.3) is 5.65 Å². The fraction of sp³-hybridized carbons (Fsp3) is 0.192. The van der Waals surface area contributed by atoms with Crippen LogP contribution in [0.2, 0.25) is 0 Å². The van der Waals surface area contributed by atoms with Crippen molar-refractivity contribution in [2.75, 3.05) is 0 Å². The Hall–Kier alpha value is -4.51. The number of amides is 2. The number of ketones is 1. The van der Waals surface area contributed by atoms with Crippen LogP contribution in [0.4, 0.5) is 8.78 Å². The smallest absolute Gasteiger partial charge is 0.270 e. The number of Topliss-reactive ketones (excluding diaryl/α,β-unsaturated/α-hetero) is 1. The molecule has 2 aromatic carbocycles. The Kier molecular flexibility index (Phi) is 6.22. The second-order valence-electron chi connectivity index (χ2n) is 8.76. The number of fused-ring (bicyclic) bond motifs is 2. The van der Waals surface area contributed by atoms with Gasteiger partial charge in [-0.25, -0.2) is 18.3 Å². The maximum absolute atomic E-state index is 14.4. The molecule has 0 aliphatic heterocycles. The number of aliphatic hydroxyl groups excluding tert-OH is 1. The van der Waals surface area contributed by atoms with Crippen LogP contribution >= 0.6 is 0 Å². The van der Waals surface area contributed by atoms with Crippen molar-refractivity contribution in [1.82, 2.24) is 25.2 Å². The van der Waals surface area contributed by atoms with Crippen molar-refractivity contribution >= 4 is 23.2 Å². The zero-order valence-corrected chi connectivity index (χ0v) is 19.5. The zero-order valence-electron chi connectivity index (χ0n) is 19.5. The quantitative estimate of drug-likeness (QED) is 0.346. The molecule has 2 amide bonds. The largest absolute Gasteiger partial charge is 0.390 e. The van der Waals surface area contributed by atoms with Crippen molar-refractivity contribution in [3.63, 3.8) is 0 Å². The monoisotopic (exact) mass is 505 g/mol. The molecule has 11 heteroatoms. The highest BCUT2D eigenvalue weighted by atomic mass is 19.1. The Morgan fingerprint density at radius 3 is 2.57 bits per heavy atom. The summed E-state index contributed by atoms with van der Waals surface area (Å²) in [4.78, 5) is 41.8. The minimum Gasteiger partial charge on any atom is -0.390 e. The molecule has 2 aromatic heterocycles. The summed E-state index contributed by atoms with van der Waals surface area (Å²) in [6, 6.07) is 10.9. The Bertz CT molecular complexity index is 1550. The molecule has 0 bridgehead atoms. The first-order valence-electron chi connectivity index (χ1n) is 11.4. The van der Waals surface area contributed by atoms with Gasteiger partial charge in [0.15, 0.2) is 17.2 Å². The van der Waals surface area contributed by atoms with Gasteiger partial charge in [0.25, 0.3) is 11.8 Å². The standard InChI is InChI=1S/C26H21F2N5O4/c1-13(34)15-4-7-18-16(8-15)9-22(35)23(18)32-26(37)21-10-20(31-24-19(28)12-30-33(21)24)25(36)29-11-14-2-5-17(27)6-3-14/h2-8,10,12,22-23,35H,9,11H2,1H3,(H,29,36)(H,32,37)/t22-,23+/m0/s1. The number of nitrogens with zero attached hydrogens (tertiary/aromatic N) is 3. The second-order valence-corrected chi connectivity index (χ2v) is 8.76. The van der Waals surface area contributed by atoms with E-state index in [1.54, 1.807) is 18.2 Å². The number of aliphatic hydroxyl groups is 1. The van der Waals surface area contributed by atoms with Crippen LogP contribution in [-0.4, -0.2) is 43.4 Å². The molecule has 188 valence electrons. The Balaban J connectivity index is 1.42. The van der Waals surface area contributed by atoms with Crippen molar-refractivity contribution in [3.8, 4) is 0 Å². The van der Waals surface area contributed by atoms with Crippen molar-refractivity contribution < 1.29 is 28.3 Å². The zero-order chi connectivity index (χ0) is 26.3. The van der Waals surface area contributed by atoms with Gasteiger partial charge < -0.3 is 15.7 Å². The van der Waals surface area contributed by atoms with Crippen LogP contribution < -0.4 is 10.6 Å². The van der Waals surface area contributed by atoms with Crippen LogP contribution in [0.5, 0.6) is 0 Å². The van der Waals surface area contributed by atoms with E-state index < -0.39 is 35.6 Å². The van der Waals surface area contributed by atoms with Crippen LogP contribution in [0.1, 0.15) is 61.0 Å². The summed E-state index contributed by atoms with van der Waals surface area (Å²) < 4.78 is 28.5. The summed E-state index contributed by atoms with van der Waals surface area (Å²) in [6.07, 6.45) is 0.162. The summed E-state index contributed by atoms with van der Waals surface area (Å²) in [7, 11) is 0. The van der Waals surface area contributed by atoms with Gasteiger partial charge in [0.05, 0.1) is 18.3 Å². The molecule has 0 saturated carbocycles. The molecule has 3 N–H and O–H groups in total. The molecule has 0 unspecified atom stereocenters. The molecule has 0 spiro atoms. The van der Waals surface area contributed by atoms with E-state index >= 15 is 0 Å². The minimum atomic E-state index is -0.952. The number of hydrogen-bond donors (Lipinski definition) is 3. The van der Waals surface area contributed by atoms with Crippen molar-refractivity contribution in [2.45, 2.75) is 32.0 Å². The number of halogens is 2. The maximum Gasteiger partial charge on any atom is 0.270 e. The van der Waals surface area contributed by atoms with Crippen LogP contribution in [-0.2, 0) is 13.0 Å². The van der Waals surface area contributed by atoms with E-state index in [2.05, 4.69) is 20.7 Å². The number of nitrogens with one attached hydrogen (secondary N) is 2. The molecule has 5 rings (SSSR count). The van der Waals surface area contributed by atoms with Crippen molar-refractivity contribution in [1.29, 1.82) is 0 Å². The summed E-state index contributed by atoms with van der Waals surface area (Å²) in [5.74, 6) is -2.75. The van der Waals surface area contributed by atoms with E-state index in [4.69, 9.17) is 0 Å². The topological polar surface area (TPSA) is 126 Å². The molecule has 4 aromatic rings. The lowest BCUT2D eigenvalue weighted by atomic mass is 10.0. The van der Waals surface area contributed by atoms with Crippen LogP contribution in [0.15, 0.2) is 54.7 Å². The Labute approximate surface area is 209 Å². The van der Waals surface area contributed by atoms with Crippen LogP contribution in [0, 0.1) is 11.6 Å². The van der Waals surface area contributed by atoms with E-state index in [-0.39, 0.29) is 35.8 Å². The fourth-order valence-corrected chi connectivity index (χ4v) is 4.33. The van der Waals surface area contributed by atoms with Gasteiger partial charge in [-0.3, -0.25) is 14.4 Å². The summed E-state index contributed by atoms with van der Waals surface area (Å²) >= 11 is 0. The first-order chi connectivity index (χ1) is 17.7. The molecule has 2 atom stereocenters. The van der Waals surface area contributed by atoms with Gasteiger partial charge in [-0.15, -0.1) is 0 Å². The predicted octanol–water partition coefficient (Wildman–Crippen LogP) is 2.53. The lowest BCUT2D eigenvalue weighted by Crippen LogP contribution is -2.35. The number of rotatable bonds is 6. The molecular formula is C26H21F2N5O4. The SMILES string of the molecule is CC(=O)c1ccc2c(c1)C[C@H](O)[C@@H]2NC(=O)c1cc(C(=O)NCc2ccc(F)cc2)nc2c(F)cnn12. The predicted molar refractivity (Wildman–Crippen MR) is 127 cm³/mol. The van der Waals surface area contributed by atoms with Gasteiger partial charge in [-0.05, 0) is 41.8 Å². The van der Waals surface area contributed by atoms with Gasteiger partial charge in [-0.1, -0.05) is 24.3 Å². The molecular weight excluding hydrogens is 484 g/mol. The first-order valence-corrected chi connectivity index (χ1v) is 11.4. The molecule has 1 aliphatic rings. The highest BCUT2D eigenvalue weighted by Crippen LogP contribution is 2.32. The number of hydrogen-bond acceptors (Lipinski definition) is 6. The molecule has 9 nitrogen and oxygen atoms in total.